The van der Waals surface area contributed by atoms with E-state index >= 15 is 0 Å². The lowest BCUT2D eigenvalue weighted by atomic mass is 10.1. The summed E-state index contributed by atoms with van der Waals surface area (Å²) in [6.45, 7) is 3.80. The Balaban J connectivity index is 1.90. The highest BCUT2D eigenvalue weighted by atomic mass is 79.9. The predicted octanol–water partition coefficient (Wildman–Crippen LogP) is 4.22. The third-order valence-electron chi connectivity index (χ3n) is 3.30. The molecule has 0 radical (unpaired) electrons. The highest BCUT2D eigenvalue weighted by molar-refractivity contribution is 9.11. The maximum absolute atomic E-state index is 12.2. The van der Waals surface area contributed by atoms with Gasteiger partial charge in [0.1, 0.15) is 6.04 Å². The van der Waals surface area contributed by atoms with Gasteiger partial charge in [-0.15, -0.1) is 11.3 Å². The fourth-order valence-corrected chi connectivity index (χ4v) is 3.35. The highest BCUT2D eigenvalue weighted by Gasteiger charge is 2.17. The average molecular weight is 395 g/mol. The summed E-state index contributed by atoms with van der Waals surface area (Å²) in [4.78, 5) is 24.8. The summed E-state index contributed by atoms with van der Waals surface area (Å²) < 4.78 is 0.881. The molecule has 0 saturated heterocycles. The standard InChI is InChI=1S/C17H19BrN2O2S/c1-3-4-12-5-7-13(8-6-12)20-16(21)11(2)19-17(22)14-9-10-15(18)23-14/h5-11H,3-4H2,1-2H3,(H,19,22)(H,20,21). The molecule has 1 atom stereocenters. The molecule has 0 bridgehead atoms. The number of nitrogens with one attached hydrogen (secondary N) is 2. The van der Waals surface area contributed by atoms with E-state index < -0.39 is 6.04 Å². The zero-order valence-electron chi connectivity index (χ0n) is 13.1. The summed E-state index contributed by atoms with van der Waals surface area (Å²) in [5.41, 5.74) is 1.98. The van der Waals surface area contributed by atoms with Crippen molar-refractivity contribution < 1.29 is 9.59 Å². The van der Waals surface area contributed by atoms with E-state index in [-0.39, 0.29) is 11.8 Å². The van der Waals surface area contributed by atoms with E-state index in [0.29, 0.717) is 4.88 Å². The van der Waals surface area contributed by atoms with Crippen LogP contribution in [0.25, 0.3) is 0 Å². The van der Waals surface area contributed by atoms with Crippen molar-refractivity contribution in [2.75, 3.05) is 5.32 Å². The molecule has 0 aliphatic carbocycles. The molecular formula is C17H19BrN2O2S. The lowest BCUT2D eigenvalue weighted by Crippen LogP contribution is -2.41. The van der Waals surface area contributed by atoms with E-state index in [1.165, 1.54) is 16.9 Å². The minimum Gasteiger partial charge on any atom is -0.340 e. The number of rotatable bonds is 6. The van der Waals surface area contributed by atoms with E-state index in [2.05, 4.69) is 33.5 Å². The number of thiophene rings is 1. The molecule has 1 aromatic carbocycles. The number of hydrogen-bond acceptors (Lipinski definition) is 3. The molecule has 2 aromatic rings. The topological polar surface area (TPSA) is 58.2 Å². The van der Waals surface area contributed by atoms with Crippen LogP contribution in [0.15, 0.2) is 40.2 Å². The van der Waals surface area contributed by atoms with Crippen molar-refractivity contribution in [3.63, 3.8) is 0 Å². The van der Waals surface area contributed by atoms with Gasteiger partial charge in [-0.25, -0.2) is 0 Å². The number of anilines is 1. The van der Waals surface area contributed by atoms with Crippen LogP contribution in [0.2, 0.25) is 0 Å². The Morgan fingerprint density at radius 3 is 2.43 bits per heavy atom. The predicted molar refractivity (Wildman–Crippen MR) is 98.0 cm³/mol. The van der Waals surface area contributed by atoms with Gasteiger partial charge in [-0.3, -0.25) is 9.59 Å². The maximum Gasteiger partial charge on any atom is 0.262 e. The van der Waals surface area contributed by atoms with Crippen molar-refractivity contribution >= 4 is 44.8 Å². The van der Waals surface area contributed by atoms with Crippen LogP contribution in [0.5, 0.6) is 0 Å². The zero-order chi connectivity index (χ0) is 16.8. The third-order valence-corrected chi connectivity index (χ3v) is 4.92. The lowest BCUT2D eigenvalue weighted by molar-refractivity contribution is -0.117. The Kier molecular flexibility index (Phi) is 6.36. The minimum absolute atomic E-state index is 0.239. The number of amides is 2. The van der Waals surface area contributed by atoms with E-state index in [1.807, 2.05) is 30.3 Å². The number of benzene rings is 1. The van der Waals surface area contributed by atoms with E-state index in [0.717, 1.165) is 22.3 Å². The van der Waals surface area contributed by atoms with Gasteiger partial charge in [0.2, 0.25) is 5.91 Å². The fraction of sp³-hybridized carbons (Fsp3) is 0.294. The molecule has 1 unspecified atom stereocenters. The summed E-state index contributed by atoms with van der Waals surface area (Å²) in [7, 11) is 0. The first-order valence-corrected chi connectivity index (χ1v) is 9.06. The van der Waals surface area contributed by atoms with Gasteiger partial charge in [-0.05, 0) is 59.1 Å². The molecule has 4 nitrogen and oxygen atoms in total. The molecule has 0 spiro atoms. The van der Waals surface area contributed by atoms with Gasteiger partial charge in [0.05, 0.1) is 8.66 Å². The second-order valence-electron chi connectivity index (χ2n) is 5.24. The Morgan fingerprint density at radius 2 is 1.87 bits per heavy atom. The first-order chi connectivity index (χ1) is 11.0. The van der Waals surface area contributed by atoms with Crippen LogP contribution < -0.4 is 10.6 Å². The number of carbonyl (C=O) groups excluding carboxylic acids is 2. The average Bonchev–Trinajstić information content (AvgIpc) is 2.96. The molecule has 6 heteroatoms. The van der Waals surface area contributed by atoms with Gasteiger partial charge in [-0.2, -0.15) is 0 Å². The van der Waals surface area contributed by atoms with Gasteiger partial charge >= 0.3 is 0 Å². The van der Waals surface area contributed by atoms with Gasteiger partial charge in [0.15, 0.2) is 0 Å². The number of halogens is 1. The Morgan fingerprint density at radius 1 is 1.17 bits per heavy atom. The van der Waals surface area contributed by atoms with Crippen LogP contribution in [0.1, 0.15) is 35.5 Å². The summed E-state index contributed by atoms with van der Waals surface area (Å²) in [6.07, 6.45) is 2.12. The number of aryl methyl sites for hydroxylation is 1. The number of hydrogen-bond donors (Lipinski definition) is 2. The Hall–Kier alpha value is -1.66. The largest absolute Gasteiger partial charge is 0.340 e. The SMILES string of the molecule is CCCc1ccc(NC(=O)C(C)NC(=O)c2ccc(Br)s2)cc1. The molecule has 0 saturated carbocycles. The highest BCUT2D eigenvalue weighted by Crippen LogP contribution is 2.22. The van der Waals surface area contributed by atoms with Crippen LogP contribution in [-0.2, 0) is 11.2 Å². The van der Waals surface area contributed by atoms with Crippen LogP contribution >= 0.6 is 27.3 Å². The van der Waals surface area contributed by atoms with Crippen LogP contribution in [0, 0.1) is 0 Å². The van der Waals surface area contributed by atoms with Crippen molar-refractivity contribution in [2.45, 2.75) is 32.7 Å². The van der Waals surface area contributed by atoms with E-state index in [4.69, 9.17) is 0 Å². The fourth-order valence-electron chi connectivity index (χ4n) is 2.06. The van der Waals surface area contributed by atoms with Crippen LogP contribution in [0.3, 0.4) is 0 Å². The lowest BCUT2D eigenvalue weighted by Gasteiger charge is -2.14. The molecule has 23 heavy (non-hydrogen) atoms. The molecule has 0 fully saturated rings. The molecular weight excluding hydrogens is 376 g/mol. The zero-order valence-corrected chi connectivity index (χ0v) is 15.5. The molecule has 2 rings (SSSR count). The Bertz CT molecular complexity index is 682. The monoisotopic (exact) mass is 394 g/mol. The van der Waals surface area contributed by atoms with Gasteiger partial charge in [0, 0.05) is 5.69 Å². The van der Waals surface area contributed by atoms with Gasteiger partial charge < -0.3 is 10.6 Å². The first-order valence-electron chi connectivity index (χ1n) is 7.45. The summed E-state index contributed by atoms with van der Waals surface area (Å²) in [5.74, 6) is -0.487. The molecule has 2 amide bonds. The molecule has 0 aliphatic heterocycles. The van der Waals surface area contributed by atoms with Gasteiger partial charge in [-0.1, -0.05) is 25.5 Å². The molecule has 2 N–H and O–H groups in total. The first kappa shape index (κ1) is 17.7. The van der Waals surface area contributed by atoms with E-state index in [1.54, 1.807) is 13.0 Å². The van der Waals surface area contributed by atoms with E-state index in [9.17, 15) is 9.59 Å². The molecule has 1 heterocycles. The van der Waals surface area contributed by atoms with Crippen molar-refractivity contribution in [2.24, 2.45) is 0 Å². The summed E-state index contributed by atoms with van der Waals surface area (Å²) >= 11 is 4.65. The maximum atomic E-state index is 12.2. The summed E-state index contributed by atoms with van der Waals surface area (Å²) in [5, 5.41) is 5.51. The van der Waals surface area contributed by atoms with Crippen molar-refractivity contribution in [1.29, 1.82) is 0 Å². The second-order valence-corrected chi connectivity index (χ2v) is 7.70. The van der Waals surface area contributed by atoms with Crippen molar-refractivity contribution in [3.05, 3.63) is 50.6 Å². The molecule has 122 valence electrons. The molecule has 1 aromatic heterocycles. The van der Waals surface area contributed by atoms with Gasteiger partial charge in [0.25, 0.3) is 5.91 Å². The minimum atomic E-state index is -0.612. The van der Waals surface area contributed by atoms with Crippen molar-refractivity contribution in [3.8, 4) is 0 Å². The third kappa shape index (κ3) is 5.18. The normalized spacial score (nSPS) is 11.8. The summed E-state index contributed by atoms with van der Waals surface area (Å²) in [6, 6.07) is 10.7. The quantitative estimate of drug-likeness (QED) is 0.770. The Labute approximate surface area is 148 Å². The van der Waals surface area contributed by atoms with Crippen LogP contribution in [-0.4, -0.2) is 17.9 Å². The molecule has 0 aliphatic rings. The van der Waals surface area contributed by atoms with Crippen molar-refractivity contribution in [1.82, 2.24) is 5.32 Å². The van der Waals surface area contributed by atoms with Crippen LogP contribution in [0.4, 0.5) is 5.69 Å². The second kappa shape index (κ2) is 8.26. The number of carbonyl (C=O) groups is 2. The smallest absolute Gasteiger partial charge is 0.262 e.